The van der Waals surface area contributed by atoms with Crippen LogP contribution in [0, 0.1) is 12.8 Å². The molecule has 2 unspecified atom stereocenters. The molecule has 2 heteroatoms. The van der Waals surface area contributed by atoms with Crippen molar-refractivity contribution in [3.8, 4) is 5.75 Å². The Balaban J connectivity index is 1.89. The Morgan fingerprint density at radius 3 is 2.89 bits per heavy atom. The third kappa shape index (κ3) is 3.49. The monoisotopic (exact) mass is 247 g/mol. The van der Waals surface area contributed by atoms with Crippen molar-refractivity contribution in [3.05, 3.63) is 29.3 Å². The molecule has 0 aliphatic heterocycles. The third-order valence-electron chi connectivity index (χ3n) is 4.16. The summed E-state index contributed by atoms with van der Waals surface area (Å²) in [5.74, 6) is 1.33. The molecule has 18 heavy (non-hydrogen) atoms. The second kappa shape index (κ2) is 6.24. The molecular weight excluding hydrogens is 222 g/mol. The molecule has 1 fully saturated rings. The molecule has 2 nitrogen and oxygen atoms in total. The van der Waals surface area contributed by atoms with E-state index >= 15 is 0 Å². The fourth-order valence-corrected chi connectivity index (χ4v) is 2.81. The lowest BCUT2D eigenvalue weighted by atomic mass is 10.0. The molecule has 1 saturated carbocycles. The first-order chi connectivity index (χ1) is 8.66. The van der Waals surface area contributed by atoms with Crippen LogP contribution < -0.4 is 5.32 Å². The van der Waals surface area contributed by atoms with Crippen LogP contribution in [0.5, 0.6) is 5.75 Å². The Bertz CT molecular complexity index is 389. The summed E-state index contributed by atoms with van der Waals surface area (Å²) in [6.45, 7) is 5.09. The topological polar surface area (TPSA) is 32.3 Å². The summed E-state index contributed by atoms with van der Waals surface area (Å²) in [7, 11) is 0. The van der Waals surface area contributed by atoms with E-state index in [1.807, 2.05) is 25.1 Å². The maximum Gasteiger partial charge on any atom is 0.122 e. The number of para-hydroxylation sites is 1. The van der Waals surface area contributed by atoms with Crippen molar-refractivity contribution in [3.63, 3.8) is 0 Å². The van der Waals surface area contributed by atoms with Gasteiger partial charge in [-0.25, -0.2) is 0 Å². The van der Waals surface area contributed by atoms with Crippen LogP contribution in [-0.2, 0) is 6.54 Å². The minimum atomic E-state index is 0.451. The quantitative estimate of drug-likeness (QED) is 0.797. The van der Waals surface area contributed by atoms with E-state index in [4.69, 9.17) is 0 Å². The second-order valence-corrected chi connectivity index (χ2v) is 5.77. The molecule has 1 aromatic carbocycles. The van der Waals surface area contributed by atoms with Crippen molar-refractivity contribution in [1.29, 1.82) is 0 Å². The molecule has 2 N–H and O–H groups in total. The highest BCUT2D eigenvalue weighted by Crippen LogP contribution is 2.24. The molecule has 0 amide bonds. The fraction of sp³-hybridized carbons (Fsp3) is 0.625. The Kier molecular flexibility index (Phi) is 4.65. The van der Waals surface area contributed by atoms with Crippen molar-refractivity contribution >= 4 is 0 Å². The van der Waals surface area contributed by atoms with Crippen molar-refractivity contribution in [2.75, 3.05) is 0 Å². The number of rotatable bonds is 3. The van der Waals surface area contributed by atoms with E-state index < -0.39 is 0 Å². The molecule has 100 valence electrons. The number of aromatic hydroxyl groups is 1. The highest BCUT2D eigenvalue weighted by Gasteiger charge is 2.16. The highest BCUT2D eigenvalue weighted by molar-refractivity contribution is 5.39. The molecule has 0 bridgehead atoms. The van der Waals surface area contributed by atoms with Gasteiger partial charge < -0.3 is 10.4 Å². The molecule has 1 aromatic rings. The lowest BCUT2D eigenvalue weighted by Crippen LogP contribution is -2.28. The van der Waals surface area contributed by atoms with Crippen molar-refractivity contribution in [1.82, 2.24) is 5.32 Å². The first kappa shape index (κ1) is 13.4. The number of hydrogen-bond acceptors (Lipinski definition) is 2. The van der Waals surface area contributed by atoms with Crippen LogP contribution in [0.15, 0.2) is 18.2 Å². The van der Waals surface area contributed by atoms with Gasteiger partial charge in [-0.05, 0) is 37.7 Å². The highest BCUT2D eigenvalue weighted by atomic mass is 16.3. The van der Waals surface area contributed by atoms with Gasteiger partial charge in [-0.3, -0.25) is 0 Å². The Hall–Kier alpha value is -1.02. The molecule has 0 radical (unpaired) electrons. The molecule has 0 aromatic heterocycles. The van der Waals surface area contributed by atoms with Crippen LogP contribution in [0.3, 0.4) is 0 Å². The van der Waals surface area contributed by atoms with Crippen LogP contribution in [0.25, 0.3) is 0 Å². The lowest BCUT2D eigenvalue weighted by Gasteiger charge is -2.17. The summed E-state index contributed by atoms with van der Waals surface area (Å²) in [5.41, 5.74) is 1.98. The summed E-state index contributed by atoms with van der Waals surface area (Å²) in [6.07, 6.45) is 6.58. The van der Waals surface area contributed by atoms with Crippen LogP contribution in [0.2, 0.25) is 0 Å². The average Bonchev–Trinajstić information content (AvgIpc) is 2.56. The standard InChI is InChI=1S/C16H25NO/c1-12-5-3-8-15(10-9-12)17-11-14-7-4-6-13(2)16(14)18/h4,6-7,12,15,17-18H,3,5,8-11H2,1-2H3. The normalized spacial score (nSPS) is 24.8. The number of hydrogen-bond donors (Lipinski definition) is 2. The largest absolute Gasteiger partial charge is 0.507 e. The molecular formula is C16H25NO. The summed E-state index contributed by atoms with van der Waals surface area (Å²) in [6, 6.07) is 6.59. The van der Waals surface area contributed by atoms with Crippen molar-refractivity contribution in [2.24, 2.45) is 5.92 Å². The van der Waals surface area contributed by atoms with Gasteiger partial charge in [0.2, 0.25) is 0 Å². The number of benzene rings is 1. The van der Waals surface area contributed by atoms with Crippen LogP contribution in [0.4, 0.5) is 0 Å². The number of nitrogens with one attached hydrogen (secondary N) is 1. The first-order valence-corrected chi connectivity index (χ1v) is 7.17. The smallest absolute Gasteiger partial charge is 0.122 e. The van der Waals surface area contributed by atoms with Gasteiger partial charge in [0.15, 0.2) is 0 Å². The molecule has 1 aliphatic rings. The third-order valence-corrected chi connectivity index (χ3v) is 4.16. The minimum absolute atomic E-state index is 0.451. The average molecular weight is 247 g/mol. The summed E-state index contributed by atoms with van der Waals surface area (Å²) < 4.78 is 0. The predicted molar refractivity (Wildman–Crippen MR) is 75.7 cm³/mol. The minimum Gasteiger partial charge on any atom is -0.507 e. The summed E-state index contributed by atoms with van der Waals surface area (Å²) in [5, 5.41) is 13.6. The van der Waals surface area contributed by atoms with E-state index in [-0.39, 0.29) is 0 Å². The second-order valence-electron chi connectivity index (χ2n) is 5.77. The SMILES string of the molecule is Cc1cccc(CNC2CCCC(C)CC2)c1O. The molecule has 2 atom stereocenters. The molecule has 2 rings (SSSR count). The summed E-state index contributed by atoms with van der Waals surface area (Å²) in [4.78, 5) is 0. The zero-order valence-electron chi connectivity index (χ0n) is 11.6. The molecule has 1 aliphatic carbocycles. The van der Waals surface area contributed by atoms with Gasteiger partial charge in [0, 0.05) is 18.2 Å². The van der Waals surface area contributed by atoms with Crippen LogP contribution in [0.1, 0.15) is 50.2 Å². The van der Waals surface area contributed by atoms with E-state index in [1.54, 1.807) is 0 Å². The van der Waals surface area contributed by atoms with Gasteiger partial charge in [0.25, 0.3) is 0 Å². The van der Waals surface area contributed by atoms with E-state index in [0.29, 0.717) is 11.8 Å². The fourth-order valence-electron chi connectivity index (χ4n) is 2.81. The van der Waals surface area contributed by atoms with Gasteiger partial charge in [0.1, 0.15) is 5.75 Å². The maximum absolute atomic E-state index is 9.98. The lowest BCUT2D eigenvalue weighted by molar-refractivity contribution is 0.430. The Labute approximate surface area is 110 Å². The zero-order valence-corrected chi connectivity index (χ0v) is 11.6. The Morgan fingerprint density at radius 2 is 2.06 bits per heavy atom. The van der Waals surface area contributed by atoms with Crippen LogP contribution >= 0.6 is 0 Å². The van der Waals surface area contributed by atoms with E-state index in [9.17, 15) is 5.11 Å². The van der Waals surface area contributed by atoms with E-state index in [0.717, 1.165) is 23.6 Å². The van der Waals surface area contributed by atoms with Gasteiger partial charge >= 0.3 is 0 Å². The molecule has 0 saturated heterocycles. The van der Waals surface area contributed by atoms with Gasteiger partial charge in [-0.1, -0.05) is 38.0 Å². The Morgan fingerprint density at radius 1 is 1.22 bits per heavy atom. The van der Waals surface area contributed by atoms with Gasteiger partial charge in [0.05, 0.1) is 0 Å². The first-order valence-electron chi connectivity index (χ1n) is 7.17. The predicted octanol–water partition coefficient (Wildman–Crippen LogP) is 3.76. The number of phenols is 1. The van der Waals surface area contributed by atoms with Gasteiger partial charge in [-0.2, -0.15) is 0 Å². The number of phenolic OH excluding ortho intramolecular Hbond substituents is 1. The van der Waals surface area contributed by atoms with E-state index in [2.05, 4.69) is 12.2 Å². The molecule has 0 heterocycles. The molecule has 0 spiro atoms. The van der Waals surface area contributed by atoms with E-state index in [1.165, 1.54) is 32.1 Å². The zero-order chi connectivity index (χ0) is 13.0. The number of aryl methyl sites for hydroxylation is 1. The van der Waals surface area contributed by atoms with Crippen molar-refractivity contribution in [2.45, 2.75) is 58.5 Å². The van der Waals surface area contributed by atoms with Crippen LogP contribution in [-0.4, -0.2) is 11.1 Å². The van der Waals surface area contributed by atoms with Gasteiger partial charge in [-0.15, -0.1) is 0 Å². The van der Waals surface area contributed by atoms with Crippen molar-refractivity contribution < 1.29 is 5.11 Å². The maximum atomic E-state index is 9.98. The summed E-state index contributed by atoms with van der Waals surface area (Å²) >= 11 is 0.